The Hall–Kier alpha value is -4.96. The number of amides is 2. The molecule has 4 aromatic heterocycles. The Morgan fingerprint density at radius 2 is 1.83 bits per heavy atom. The molecule has 254 valence electrons. The van der Waals surface area contributed by atoms with Crippen molar-refractivity contribution in [3.63, 3.8) is 0 Å². The summed E-state index contributed by atoms with van der Waals surface area (Å²) in [6, 6.07) is 13.0. The first kappa shape index (κ1) is 33.0. The minimum absolute atomic E-state index is 0.0523. The van der Waals surface area contributed by atoms with Crippen molar-refractivity contribution in [1.82, 2.24) is 39.5 Å². The smallest absolute Gasteiger partial charge is 0.320 e. The van der Waals surface area contributed by atoms with Crippen LogP contribution >= 0.6 is 0 Å². The van der Waals surface area contributed by atoms with Crippen LogP contribution in [0.3, 0.4) is 0 Å². The van der Waals surface area contributed by atoms with Gasteiger partial charge in [-0.1, -0.05) is 45.0 Å². The predicted molar refractivity (Wildman–Crippen MR) is 180 cm³/mol. The van der Waals surface area contributed by atoms with Crippen LogP contribution < -0.4 is 20.3 Å². The van der Waals surface area contributed by atoms with Crippen LogP contribution in [0.1, 0.15) is 62.6 Å². The van der Waals surface area contributed by atoms with Crippen LogP contribution in [0.15, 0.2) is 61.1 Å². The quantitative estimate of drug-likeness (QED) is 0.205. The van der Waals surface area contributed by atoms with E-state index in [0.717, 1.165) is 28.7 Å². The van der Waals surface area contributed by atoms with Gasteiger partial charge in [0.15, 0.2) is 5.65 Å². The highest BCUT2D eigenvalue weighted by Crippen LogP contribution is 2.39. The van der Waals surface area contributed by atoms with E-state index in [1.807, 2.05) is 92.8 Å². The first-order chi connectivity index (χ1) is 22.7. The van der Waals surface area contributed by atoms with E-state index in [-0.39, 0.29) is 36.7 Å². The van der Waals surface area contributed by atoms with E-state index >= 15 is 0 Å². The second-order valence-corrected chi connectivity index (χ2v) is 14.7. The summed E-state index contributed by atoms with van der Waals surface area (Å²) in [5, 5.41) is 23.7. The largest absolute Gasteiger partial charge is 0.484 e. The Morgan fingerprint density at radius 3 is 2.56 bits per heavy atom. The maximum absolute atomic E-state index is 13.5. The fraction of sp³-hybridized carbons (Fsp3) is 0.406. The third kappa shape index (κ3) is 7.28. The molecule has 15 nitrogen and oxygen atoms in total. The lowest BCUT2D eigenvalue weighted by Crippen LogP contribution is -2.36. The number of nitrogens with zero attached hydrogens (tertiary/aromatic N) is 8. The van der Waals surface area contributed by atoms with Crippen LogP contribution in [0.5, 0.6) is 5.75 Å². The molecule has 0 aliphatic heterocycles. The van der Waals surface area contributed by atoms with Crippen LogP contribution in [0.2, 0.25) is 0 Å². The second kappa shape index (κ2) is 12.9. The number of carbonyl (C=O) groups excluding carboxylic acids is 1. The molecule has 48 heavy (non-hydrogen) atoms. The molecule has 1 aliphatic rings. The molecule has 2 N–H and O–H groups in total. The van der Waals surface area contributed by atoms with E-state index in [2.05, 4.69) is 25.9 Å². The minimum Gasteiger partial charge on any atom is -0.484 e. The SMILES string of the molecule is CN(C)c1nnc2ccc(OC3CCC(NC(=O)Nc4cc(C(C)(C)C)nn4-c4cnn(CCOS(C)(=O)=O)c4)c4ccccc43)cn12. The number of ether oxygens (including phenoxy) is 1. The molecular formula is C32H40N10O5S. The summed E-state index contributed by atoms with van der Waals surface area (Å²) >= 11 is 0. The van der Waals surface area contributed by atoms with Crippen LogP contribution in [-0.2, 0) is 26.3 Å². The number of urea groups is 1. The van der Waals surface area contributed by atoms with E-state index in [0.29, 0.717) is 36.0 Å². The van der Waals surface area contributed by atoms with Gasteiger partial charge in [-0.2, -0.15) is 18.6 Å². The maximum atomic E-state index is 13.5. The fourth-order valence-corrected chi connectivity index (χ4v) is 6.01. The zero-order chi connectivity index (χ0) is 34.2. The van der Waals surface area contributed by atoms with Crippen LogP contribution in [0, 0.1) is 0 Å². The Balaban J connectivity index is 1.18. The molecule has 2 amide bonds. The molecule has 0 saturated heterocycles. The molecule has 5 aromatic rings. The summed E-state index contributed by atoms with van der Waals surface area (Å²) in [4.78, 5) is 15.4. The number of anilines is 2. The molecule has 1 aromatic carbocycles. The third-order valence-corrected chi connectivity index (χ3v) is 8.57. The van der Waals surface area contributed by atoms with Gasteiger partial charge in [-0.3, -0.25) is 18.6 Å². The Labute approximate surface area is 279 Å². The van der Waals surface area contributed by atoms with Crippen molar-refractivity contribution in [2.75, 3.05) is 37.2 Å². The number of rotatable bonds is 10. The lowest BCUT2D eigenvalue weighted by Gasteiger charge is -2.32. The maximum Gasteiger partial charge on any atom is 0.320 e. The molecule has 1 aliphatic carbocycles. The molecule has 0 fully saturated rings. The molecule has 16 heteroatoms. The molecule has 0 spiro atoms. The molecule has 0 radical (unpaired) electrons. The summed E-state index contributed by atoms with van der Waals surface area (Å²) in [5.41, 5.74) is 3.82. The Bertz CT molecular complexity index is 2040. The second-order valence-electron chi connectivity index (χ2n) is 13.0. The highest BCUT2D eigenvalue weighted by molar-refractivity contribution is 7.85. The van der Waals surface area contributed by atoms with E-state index in [1.165, 1.54) is 0 Å². The van der Waals surface area contributed by atoms with Crippen molar-refractivity contribution in [2.45, 2.75) is 57.7 Å². The molecule has 2 atom stereocenters. The van der Waals surface area contributed by atoms with Gasteiger partial charge in [0.05, 0.1) is 49.7 Å². The van der Waals surface area contributed by atoms with Crippen molar-refractivity contribution in [1.29, 1.82) is 0 Å². The Morgan fingerprint density at radius 1 is 1.06 bits per heavy atom. The number of nitrogens with one attached hydrogen (secondary N) is 2. The number of carbonyl (C=O) groups is 1. The monoisotopic (exact) mass is 676 g/mol. The predicted octanol–water partition coefficient (Wildman–Crippen LogP) is 4.23. The lowest BCUT2D eigenvalue weighted by atomic mass is 9.85. The number of fused-ring (bicyclic) bond motifs is 2. The van der Waals surface area contributed by atoms with Crippen molar-refractivity contribution < 1.29 is 22.1 Å². The van der Waals surface area contributed by atoms with E-state index in [1.54, 1.807) is 21.8 Å². The third-order valence-electron chi connectivity index (χ3n) is 7.98. The van der Waals surface area contributed by atoms with Crippen molar-refractivity contribution in [3.05, 3.63) is 77.9 Å². The summed E-state index contributed by atoms with van der Waals surface area (Å²) in [6.07, 6.45) is 7.38. The molecule has 4 heterocycles. The molecular weight excluding hydrogens is 636 g/mol. The van der Waals surface area contributed by atoms with Gasteiger partial charge in [0, 0.05) is 25.6 Å². The normalized spacial score (nSPS) is 16.5. The van der Waals surface area contributed by atoms with Crippen LogP contribution in [0.25, 0.3) is 11.3 Å². The van der Waals surface area contributed by atoms with Gasteiger partial charge >= 0.3 is 6.03 Å². The van der Waals surface area contributed by atoms with E-state index in [9.17, 15) is 13.2 Å². The first-order valence-electron chi connectivity index (χ1n) is 15.6. The van der Waals surface area contributed by atoms with E-state index < -0.39 is 10.1 Å². The van der Waals surface area contributed by atoms with Gasteiger partial charge in [-0.05, 0) is 36.1 Å². The van der Waals surface area contributed by atoms with Gasteiger partial charge in [0.25, 0.3) is 10.1 Å². The average molecular weight is 677 g/mol. The zero-order valence-corrected chi connectivity index (χ0v) is 28.6. The fourth-order valence-electron chi connectivity index (χ4n) is 5.63. The van der Waals surface area contributed by atoms with Gasteiger partial charge in [0.1, 0.15) is 23.4 Å². The van der Waals surface area contributed by atoms with E-state index in [4.69, 9.17) is 14.0 Å². The molecule has 6 rings (SSSR count). The molecule has 0 bridgehead atoms. The Kier molecular flexibility index (Phi) is 8.87. The zero-order valence-electron chi connectivity index (χ0n) is 27.8. The van der Waals surface area contributed by atoms with Crippen molar-refractivity contribution in [3.8, 4) is 11.4 Å². The molecule has 2 unspecified atom stereocenters. The van der Waals surface area contributed by atoms with Gasteiger partial charge in [-0.15, -0.1) is 10.2 Å². The number of hydrogen-bond donors (Lipinski definition) is 2. The highest BCUT2D eigenvalue weighted by Gasteiger charge is 2.30. The summed E-state index contributed by atoms with van der Waals surface area (Å²) in [5.74, 6) is 1.87. The van der Waals surface area contributed by atoms with Crippen molar-refractivity contribution >= 4 is 33.6 Å². The summed E-state index contributed by atoms with van der Waals surface area (Å²) in [7, 11) is 0.273. The average Bonchev–Trinajstić information content (AvgIpc) is 3.76. The van der Waals surface area contributed by atoms with Gasteiger partial charge in [-0.25, -0.2) is 9.48 Å². The van der Waals surface area contributed by atoms with Crippen LogP contribution in [-0.4, -0.2) is 75.6 Å². The number of aromatic nitrogens is 7. The number of hydrogen-bond acceptors (Lipinski definition) is 10. The number of pyridine rings is 1. The molecule has 0 saturated carbocycles. The van der Waals surface area contributed by atoms with Gasteiger partial charge < -0.3 is 15.0 Å². The van der Waals surface area contributed by atoms with Gasteiger partial charge in [0.2, 0.25) is 5.95 Å². The standard InChI is InChI=1S/C32H40N10O5S/c1-32(2,3)27-17-29(42(38-27)21-18-33-40(19-21)15-16-46-48(6,44)45)35-30(43)34-25-12-13-26(24-10-8-7-9-23(24)25)47-22-11-14-28-36-37-31(39(4)5)41(28)20-22/h7-11,14,17-20,25-26H,12-13,15-16H2,1-6H3,(H2,34,35,43). The topological polar surface area (TPSA) is 163 Å². The highest BCUT2D eigenvalue weighted by atomic mass is 32.2. The first-order valence-corrected chi connectivity index (χ1v) is 17.4. The summed E-state index contributed by atoms with van der Waals surface area (Å²) < 4.78 is 39.1. The minimum atomic E-state index is -3.56. The number of benzene rings is 1. The lowest BCUT2D eigenvalue weighted by molar-refractivity contribution is 0.171. The van der Waals surface area contributed by atoms with Crippen LogP contribution in [0.4, 0.5) is 16.6 Å². The van der Waals surface area contributed by atoms with Crippen molar-refractivity contribution in [2.24, 2.45) is 0 Å². The summed E-state index contributed by atoms with van der Waals surface area (Å²) in [6.45, 7) is 6.29.